The average molecular weight is 333 g/mol. The Hall–Kier alpha value is -0.416. The monoisotopic (exact) mass is 333 g/mol. The molecule has 0 bridgehead atoms. The quantitative estimate of drug-likeness (QED) is 0.618. The Balaban J connectivity index is -0.000000115. The molecule has 0 amide bonds. The molecular weight excluding hydrogens is 304 g/mol. The Morgan fingerprint density at radius 2 is 1.52 bits per heavy atom. The van der Waals surface area contributed by atoms with Crippen molar-refractivity contribution < 1.29 is 41.8 Å². The van der Waals surface area contributed by atoms with Crippen LogP contribution < -0.4 is 10.2 Å². The third-order valence-electron chi connectivity index (χ3n) is 3.03. The zero-order valence-corrected chi connectivity index (χ0v) is 16.1. The van der Waals surface area contributed by atoms with E-state index in [9.17, 15) is 4.79 Å². The minimum Gasteiger partial charge on any atom is -0.857 e. The second-order valence-electron chi connectivity index (χ2n) is 4.77. The Bertz CT molecular complexity index is 331. The van der Waals surface area contributed by atoms with Gasteiger partial charge in [-0.15, -0.1) is 6.92 Å². The van der Waals surface area contributed by atoms with E-state index in [2.05, 4.69) is 40.7 Å². The second kappa shape index (κ2) is 16.0. The van der Waals surface area contributed by atoms with Gasteiger partial charge in [0, 0.05) is 6.42 Å². The smallest absolute Gasteiger partial charge is 0.857 e. The molecule has 121 valence electrons. The van der Waals surface area contributed by atoms with Crippen molar-refractivity contribution in [3.05, 3.63) is 22.8 Å². The van der Waals surface area contributed by atoms with E-state index >= 15 is 0 Å². The summed E-state index contributed by atoms with van der Waals surface area (Å²) in [5, 5.41) is 24.4. The van der Waals surface area contributed by atoms with E-state index in [1.165, 1.54) is 16.7 Å². The van der Waals surface area contributed by atoms with Gasteiger partial charge in [-0.3, -0.25) is 10.9 Å². The van der Waals surface area contributed by atoms with Crippen LogP contribution in [0.1, 0.15) is 54.4 Å². The second-order valence-corrected chi connectivity index (χ2v) is 4.77. The molecule has 0 saturated carbocycles. The fourth-order valence-corrected chi connectivity index (χ4v) is 1.62. The molecule has 1 rings (SSSR count). The first-order valence-electron chi connectivity index (χ1n) is 6.55. The molecule has 0 saturated heterocycles. The van der Waals surface area contributed by atoms with E-state index in [1.807, 2.05) is 6.92 Å². The molecule has 0 heterocycles. The first kappa shape index (κ1) is 28.7. The molecule has 0 spiro atoms. The number of aliphatic carboxylic acids is 1. The predicted octanol–water partition coefficient (Wildman–Crippen LogP) is 1.93. The van der Waals surface area contributed by atoms with Gasteiger partial charge in [0.2, 0.25) is 0 Å². The van der Waals surface area contributed by atoms with E-state index in [-0.39, 0.29) is 27.1 Å². The van der Waals surface area contributed by atoms with Crippen molar-refractivity contribution >= 4 is 5.97 Å². The maximum atomic E-state index is 9.60. The summed E-state index contributed by atoms with van der Waals surface area (Å²) < 4.78 is 0. The predicted molar refractivity (Wildman–Crippen MR) is 79.0 cm³/mol. The molecular formula is C16H29O4Ti. The first-order valence-corrected chi connectivity index (χ1v) is 6.55. The molecule has 1 aliphatic carbocycles. The summed E-state index contributed by atoms with van der Waals surface area (Å²) in [7, 11) is 1.50. The molecule has 5 heteroatoms. The van der Waals surface area contributed by atoms with Crippen molar-refractivity contribution in [3.63, 3.8) is 0 Å². The van der Waals surface area contributed by atoms with Crippen molar-refractivity contribution in [2.45, 2.75) is 54.4 Å². The van der Waals surface area contributed by atoms with Crippen molar-refractivity contribution in [1.82, 2.24) is 0 Å². The van der Waals surface area contributed by atoms with Gasteiger partial charge in [0.05, 0.1) is 0 Å². The van der Waals surface area contributed by atoms with Gasteiger partial charge in [0.1, 0.15) is 0 Å². The van der Waals surface area contributed by atoms with Crippen LogP contribution in [0.2, 0.25) is 0 Å². The van der Waals surface area contributed by atoms with Gasteiger partial charge in [-0.25, -0.2) is 5.57 Å². The molecule has 1 radical (unpaired) electrons. The van der Waals surface area contributed by atoms with Gasteiger partial charge >= 0.3 is 27.7 Å². The summed E-state index contributed by atoms with van der Waals surface area (Å²) in [6, 6.07) is 0. The molecule has 4 nitrogen and oxygen atoms in total. The summed E-state index contributed by atoms with van der Waals surface area (Å²) in [4.78, 5) is 9.60. The number of carboxylic acid groups (broad SMARTS) is 1. The summed E-state index contributed by atoms with van der Waals surface area (Å²) in [6.45, 7) is 12.8. The zero-order valence-electron chi connectivity index (χ0n) is 14.6. The SMILES string of the molecule is CC1=[C-]C(C)(C)C(C)=C1C.CCCC(=O)O.C[O-].C[O-].[Ti+3]. The van der Waals surface area contributed by atoms with Crippen LogP contribution in [0.15, 0.2) is 16.7 Å². The molecule has 0 aliphatic heterocycles. The molecule has 0 atom stereocenters. The van der Waals surface area contributed by atoms with Gasteiger partial charge in [0.25, 0.3) is 0 Å². The largest absolute Gasteiger partial charge is 3.00 e. The Kier molecular flexibility index (Phi) is 21.8. The third-order valence-corrected chi connectivity index (χ3v) is 3.03. The van der Waals surface area contributed by atoms with Crippen molar-refractivity contribution in [2.24, 2.45) is 5.41 Å². The third kappa shape index (κ3) is 13.0. The van der Waals surface area contributed by atoms with Crippen LogP contribution in [-0.2, 0) is 26.5 Å². The molecule has 1 aliphatic rings. The number of rotatable bonds is 2. The van der Waals surface area contributed by atoms with Crippen LogP contribution in [-0.4, -0.2) is 25.3 Å². The van der Waals surface area contributed by atoms with Gasteiger partial charge in [-0.1, -0.05) is 40.0 Å². The Labute approximate surface area is 144 Å². The minimum absolute atomic E-state index is 0. The fourth-order valence-electron chi connectivity index (χ4n) is 1.62. The van der Waals surface area contributed by atoms with Gasteiger partial charge in [0.15, 0.2) is 0 Å². The fraction of sp³-hybridized carbons (Fsp3) is 0.688. The number of carboxylic acids is 1. The molecule has 0 aromatic heterocycles. The van der Waals surface area contributed by atoms with Crippen LogP contribution in [0.25, 0.3) is 0 Å². The Morgan fingerprint density at radius 3 is 1.57 bits per heavy atom. The summed E-state index contributed by atoms with van der Waals surface area (Å²) in [5.41, 5.74) is 4.39. The van der Waals surface area contributed by atoms with Crippen LogP contribution in [0, 0.1) is 11.5 Å². The minimum atomic E-state index is -0.711. The molecule has 0 unspecified atom stereocenters. The maximum absolute atomic E-state index is 9.60. The average Bonchev–Trinajstić information content (AvgIpc) is 2.57. The standard InChI is InChI=1S/C10H15.C4H8O2.2CH3O.Ti/c1-7-6-10(4,5)9(3)8(7)2;1-2-3-4(5)6;2*1-2;/h1-5H3;2-3H2,1H3,(H,5,6);2*1H3;/q-1;;2*-1;+3. The zero-order chi connectivity index (χ0) is 16.9. The van der Waals surface area contributed by atoms with Gasteiger partial charge < -0.3 is 15.3 Å². The Morgan fingerprint density at radius 1 is 1.14 bits per heavy atom. The summed E-state index contributed by atoms with van der Waals surface area (Å²) in [5.74, 6) is -0.711. The van der Waals surface area contributed by atoms with Crippen LogP contribution in [0.5, 0.6) is 0 Å². The maximum Gasteiger partial charge on any atom is 3.00 e. The van der Waals surface area contributed by atoms with E-state index in [0.717, 1.165) is 20.6 Å². The van der Waals surface area contributed by atoms with Gasteiger partial charge in [-0.2, -0.15) is 25.4 Å². The van der Waals surface area contributed by atoms with Crippen molar-refractivity contribution in [3.8, 4) is 0 Å². The van der Waals surface area contributed by atoms with Crippen LogP contribution in [0.4, 0.5) is 0 Å². The topological polar surface area (TPSA) is 83.4 Å². The van der Waals surface area contributed by atoms with Crippen molar-refractivity contribution in [1.29, 1.82) is 0 Å². The normalized spacial score (nSPS) is 14.1. The van der Waals surface area contributed by atoms with Crippen LogP contribution in [0.3, 0.4) is 0 Å². The molecule has 1 N–H and O–H groups in total. The molecule has 21 heavy (non-hydrogen) atoms. The van der Waals surface area contributed by atoms with Gasteiger partial charge in [-0.05, 0) is 6.42 Å². The van der Waals surface area contributed by atoms with Crippen LogP contribution >= 0.6 is 0 Å². The molecule has 0 fully saturated rings. The number of hydrogen-bond donors (Lipinski definition) is 1. The van der Waals surface area contributed by atoms with Crippen molar-refractivity contribution in [2.75, 3.05) is 14.2 Å². The number of allylic oxidation sites excluding steroid dienone is 4. The number of carbonyl (C=O) groups is 1. The van der Waals surface area contributed by atoms with E-state index in [4.69, 9.17) is 15.3 Å². The summed E-state index contributed by atoms with van der Waals surface area (Å²) >= 11 is 0. The first-order chi connectivity index (χ1) is 9.22. The molecule has 0 aromatic carbocycles. The number of hydrogen-bond acceptors (Lipinski definition) is 3. The molecule has 0 aromatic rings. The van der Waals surface area contributed by atoms with E-state index < -0.39 is 5.97 Å². The summed E-state index contributed by atoms with van der Waals surface area (Å²) in [6.07, 6.45) is 4.46. The van der Waals surface area contributed by atoms with E-state index in [1.54, 1.807) is 0 Å². The van der Waals surface area contributed by atoms with E-state index in [0.29, 0.717) is 6.42 Å².